The van der Waals surface area contributed by atoms with Crippen molar-refractivity contribution in [1.29, 1.82) is 0 Å². The Bertz CT molecular complexity index is 1240. The highest BCUT2D eigenvalue weighted by Gasteiger charge is 2.22. The zero-order valence-corrected chi connectivity index (χ0v) is 19.7. The molecule has 0 aliphatic heterocycles. The fraction of sp³-hybridized carbons (Fsp3) is 0.296. The quantitative estimate of drug-likeness (QED) is 0.226. The van der Waals surface area contributed by atoms with Crippen LogP contribution in [0.2, 0.25) is 0 Å². The number of carbonyl (C=O) groups is 1. The highest BCUT2D eigenvalue weighted by Crippen LogP contribution is 2.43. The molecule has 1 unspecified atom stereocenters. The van der Waals surface area contributed by atoms with Crippen LogP contribution in [0.25, 0.3) is 33.6 Å². The number of benzene rings is 2. The van der Waals surface area contributed by atoms with E-state index in [0.717, 1.165) is 58.7 Å². The van der Waals surface area contributed by atoms with E-state index in [9.17, 15) is 4.79 Å². The molecule has 0 saturated carbocycles. The Morgan fingerprint density at radius 2 is 1.76 bits per heavy atom. The van der Waals surface area contributed by atoms with Gasteiger partial charge < -0.3 is 19.2 Å². The number of unbranched alkanes of at least 4 members (excludes halogenated alkanes) is 1. The van der Waals surface area contributed by atoms with Crippen LogP contribution < -0.4 is 10.1 Å². The van der Waals surface area contributed by atoms with Crippen molar-refractivity contribution in [2.24, 2.45) is 0 Å². The third kappa shape index (κ3) is 5.20. The lowest BCUT2D eigenvalue weighted by molar-refractivity contribution is -0.140. The molecule has 0 fully saturated rings. The second-order valence-corrected chi connectivity index (χ2v) is 8.17. The molecule has 0 spiro atoms. The number of hydrogen-bond donors (Lipinski definition) is 1. The Balaban J connectivity index is 1.69. The lowest BCUT2D eigenvalue weighted by Crippen LogP contribution is -2.16. The Hall–Kier alpha value is -3.87. The van der Waals surface area contributed by atoms with Crippen molar-refractivity contribution in [1.82, 2.24) is 9.97 Å². The van der Waals surface area contributed by atoms with Gasteiger partial charge in [0.1, 0.15) is 23.7 Å². The average Bonchev–Trinajstić information content (AvgIpc) is 3.28. The number of aromatic nitrogens is 2. The van der Waals surface area contributed by atoms with Gasteiger partial charge >= 0.3 is 5.97 Å². The predicted molar refractivity (Wildman–Crippen MR) is 133 cm³/mol. The lowest BCUT2D eigenvalue weighted by Gasteiger charge is -2.15. The minimum absolute atomic E-state index is 0.148. The number of esters is 1. The predicted octanol–water partition coefficient (Wildman–Crippen LogP) is 6.10. The van der Waals surface area contributed by atoms with Gasteiger partial charge in [-0.2, -0.15) is 0 Å². The molecule has 0 amide bonds. The van der Waals surface area contributed by atoms with Gasteiger partial charge in [0.2, 0.25) is 5.71 Å². The number of carbonyl (C=O) groups excluding carboxylic acids is 1. The second-order valence-electron chi connectivity index (χ2n) is 8.17. The molecule has 1 atom stereocenters. The standard InChI is InChI=1S/C27H29N3O4/c1-18(9-7-8-12-22(31)33-3)30-26-24-23(19-13-15-21(32-2)16-14-19)25(20-10-5-4-6-11-20)34-27(24)29-17-28-26/h4-6,10-11,13-18H,7-9,12H2,1-3H3,(H,28,29,30). The first-order chi connectivity index (χ1) is 16.6. The number of rotatable bonds is 10. The molecular weight excluding hydrogens is 430 g/mol. The maximum Gasteiger partial charge on any atom is 0.305 e. The smallest absolute Gasteiger partial charge is 0.305 e. The average molecular weight is 460 g/mol. The Labute approximate surface area is 199 Å². The summed E-state index contributed by atoms with van der Waals surface area (Å²) in [6.07, 6.45) is 4.54. The van der Waals surface area contributed by atoms with Gasteiger partial charge in [-0.25, -0.2) is 9.97 Å². The molecule has 2 aromatic heterocycles. The van der Waals surface area contributed by atoms with Gasteiger partial charge in [0.15, 0.2) is 0 Å². The van der Waals surface area contributed by atoms with Crippen molar-refractivity contribution < 1.29 is 18.7 Å². The van der Waals surface area contributed by atoms with Gasteiger partial charge in [-0.05, 0) is 37.5 Å². The van der Waals surface area contributed by atoms with E-state index in [0.29, 0.717) is 12.1 Å². The Kier molecular flexibility index (Phi) is 7.42. The number of nitrogens with zero attached hydrogens (tertiary/aromatic N) is 2. The molecular formula is C27H29N3O4. The van der Waals surface area contributed by atoms with Gasteiger partial charge in [-0.1, -0.05) is 48.9 Å². The fourth-order valence-electron chi connectivity index (χ4n) is 4.00. The van der Waals surface area contributed by atoms with Crippen molar-refractivity contribution in [3.05, 3.63) is 60.9 Å². The molecule has 7 nitrogen and oxygen atoms in total. The first-order valence-electron chi connectivity index (χ1n) is 11.4. The van der Waals surface area contributed by atoms with Crippen LogP contribution in [0.4, 0.5) is 5.82 Å². The summed E-state index contributed by atoms with van der Waals surface area (Å²) in [5.41, 5.74) is 3.42. The zero-order chi connectivity index (χ0) is 23.9. The summed E-state index contributed by atoms with van der Waals surface area (Å²) in [5.74, 6) is 2.08. The number of fused-ring (bicyclic) bond motifs is 1. The number of nitrogens with one attached hydrogen (secondary N) is 1. The number of anilines is 1. The summed E-state index contributed by atoms with van der Waals surface area (Å²) < 4.78 is 16.3. The lowest BCUT2D eigenvalue weighted by atomic mass is 9.99. The molecule has 7 heteroatoms. The van der Waals surface area contributed by atoms with Crippen molar-refractivity contribution >= 4 is 22.9 Å². The molecule has 0 bridgehead atoms. The van der Waals surface area contributed by atoms with E-state index in [-0.39, 0.29) is 12.0 Å². The normalized spacial score (nSPS) is 11.9. The number of furan rings is 1. The van der Waals surface area contributed by atoms with Crippen molar-refractivity contribution in [3.63, 3.8) is 0 Å². The molecule has 0 aliphatic rings. The third-order valence-corrected chi connectivity index (χ3v) is 5.78. The Morgan fingerprint density at radius 3 is 2.47 bits per heavy atom. The van der Waals surface area contributed by atoms with Crippen LogP contribution in [0, 0.1) is 0 Å². The van der Waals surface area contributed by atoms with Gasteiger partial charge in [0.25, 0.3) is 0 Å². The van der Waals surface area contributed by atoms with Crippen molar-refractivity contribution in [2.45, 2.75) is 38.6 Å². The summed E-state index contributed by atoms with van der Waals surface area (Å²) >= 11 is 0. The SMILES string of the molecule is COC(=O)CCCCC(C)Nc1ncnc2oc(-c3ccccc3)c(-c3ccc(OC)cc3)c12. The largest absolute Gasteiger partial charge is 0.497 e. The molecule has 0 saturated heterocycles. The maximum atomic E-state index is 11.4. The minimum Gasteiger partial charge on any atom is -0.497 e. The number of ether oxygens (including phenoxy) is 2. The fourth-order valence-corrected chi connectivity index (χ4v) is 4.00. The molecule has 2 heterocycles. The van der Waals surface area contributed by atoms with E-state index in [1.54, 1.807) is 7.11 Å². The van der Waals surface area contributed by atoms with Gasteiger partial charge in [-0.15, -0.1) is 0 Å². The molecule has 0 aliphatic carbocycles. The summed E-state index contributed by atoms with van der Waals surface area (Å²) in [6.45, 7) is 2.11. The molecule has 176 valence electrons. The summed E-state index contributed by atoms with van der Waals surface area (Å²) in [4.78, 5) is 20.3. The highest BCUT2D eigenvalue weighted by atomic mass is 16.5. The number of methoxy groups -OCH3 is 2. The van der Waals surface area contributed by atoms with Crippen LogP contribution in [0.1, 0.15) is 32.6 Å². The zero-order valence-electron chi connectivity index (χ0n) is 19.7. The van der Waals surface area contributed by atoms with Crippen LogP contribution in [-0.4, -0.2) is 36.2 Å². The number of hydrogen-bond acceptors (Lipinski definition) is 7. The van der Waals surface area contributed by atoms with E-state index < -0.39 is 0 Å². The summed E-state index contributed by atoms with van der Waals surface area (Å²) in [6, 6.07) is 18.1. The third-order valence-electron chi connectivity index (χ3n) is 5.78. The molecule has 4 aromatic rings. The van der Waals surface area contributed by atoms with Crippen molar-refractivity contribution in [2.75, 3.05) is 19.5 Å². The van der Waals surface area contributed by atoms with Gasteiger partial charge in [0, 0.05) is 23.6 Å². The summed E-state index contributed by atoms with van der Waals surface area (Å²) in [5, 5.41) is 4.37. The first-order valence-corrected chi connectivity index (χ1v) is 11.4. The molecule has 4 rings (SSSR count). The topological polar surface area (TPSA) is 86.5 Å². The first kappa shape index (κ1) is 23.3. The minimum atomic E-state index is -0.172. The monoisotopic (exact) mass is 459 g/mol. The van der Waals surface area contributed by atoms with Gasteiger partial charge in [-0.3, -0.25) is 4.79 Å². The summed E-state index contributed by atoms with van der Waals surface area (Å²) in [7, 11) is 3.07. The molecule has 1 N–H and O–H groups in total. The van der Waals surface area contributed by atoms with E-state index in [4.69, 9.17) is 13.9 Å². The maximum absolute atomic E-state index is 11.4. The van der Waals surface area contributed by atoms with Crippen LogP contribution in [0.5, 0.6) is 5.75 Å². The highest BCUT2D eigenvalue weighted by molar-refractivity contribution is 6.05. The van der Waals surface area contributed by atoms with E-state index >= 15 is 0 Å². The molecule has 0 radical (unpaired) electrons. The molecule has 2 aromatic carbocycles. The van der Waals surface area contributed by atoms with E-state index in [2.05, 4.69) is 22.2 Å². The Morgan fingerprint density at radius 1 is 1.00 bits per heavy atom. The van der Waals surface area contributed by atoms with Crippen LogP contribution >= 0.6 is 0 Å². The van der Waals surface area contributed by atoms with Crippen LogP contribution in [0.3, 0.4) is 0 Å². The van der Waals surface area contributed by atoms with E-state index in [1.807, 2.05) is 54.6 Å². The van der Waals surface area contributed by atoms with E-state index in [1.165, 1.54) is 13.4 Å². The van der Waals surface area contributed by atoms with Gasteiger partial charge in [0.05, 0.1) is 19.6 Å². The molecule has 34 heavy (non-hydrogen) atoms. The van der Waals surface area contributed by atoms with Crippen LogP contribution in [-0.2, 0) is 9.53 Å². The second kappa shape index (κ2) is 10.8. The van der Waals surface area contributed by atoms with Crippen LogP contribution in [0.15, 0.2) is 65.3 Å². The van der Waals surface area contributed by atoms with Crippen molar-refractivity contribution in [3.8, 4) is 28.2 Å².